The molecule has 1 aromatic carbocycles. The average molecular weight is 272 g/mol. The van der Waals surface area contributed by atoms with Gasteiger partial charge in [-0.25, -0.2) is 4.98 Å². The molecule has 2 N–H and O–H groups in total. The predicted octanol–water partition coefficient (Wildman–Crippen LogP) is 2.55. The number of amides is 1. The maximum Gasteiger partial charge on any atom is 0.251 e. The van der Waals surface area contributed by atoms with E-state index in [-0.39, 0.29) is 17.9 Å². The van der Waals surface area contributed by atoms with Gasteiger partial charge in [0.1, 0.15) is 5.82 Å². The molecule has 1 amide bonds. The van der Waals surface area contributed by atoms with E-state index in [9.17, 15) is 4.79 Å². The van der Waals surface area contributed by atoms with E-state index >= 15 is 0 Å². The number of hydrogen-bond acceptors (Lipinski definition) is 3. The van der Waals surface area contributed by atoms with Gasteiger partial charge >= 0.3 is 0 Å². The molecule has 0 saturated carbocycles. The first-order chi connectivity index (χ1) is 9.47. The van der Waals surface area contributed by atoms with E-state index < -0.39 is 0 Å². The summed E-state index contributed by atoms with van der Waals surface area (Å²) in [6.07, 6.45) is 0. The van der Waals surface area contributed by atoms with E-state index in [1.165, 1.54) is 0 Å². The second-order valence-electron chi connectivity index (χ2n) is 5.34. The molecule has 5 heteroatoms. The molecule has 0 saturated heterocycles. The normalized spacial score (nSPS) is 12.4. The zero-order chi connectivity index (χ0) is 14.7. The van der Waals surface area contributed by atoms with Crippen LogP contribution in [0.3, 0.4) is 0 Å². The Bertz CT molecular complexity index is 586. The lowest BCUT2D eigenvalue weighted by atomic mass is 10.0. The van der Waals surface area contributed by atoms with Crippen LogP contribution in [-0.4, -0.2) is 21.1 Å². The van der Waals surface area contributed by atoms with Crippen LogP contribution in [0.15, 0.2) is 24.3 Å². The van der Waals surface area contributed by atoms with Crippen molar-refractivity contribution in [3.63, 3.8) is 0 Å². The van der Waals surface area contributed by atoms with E-state index in [1.807, 2.05) is 52.0 Å². The van der Waals surface area contributed by atoms with Crippen molar-refractivity contribution in [1.82, 2.24) is 20.5 Å². The van der Waals surface area contributed by atoms with Crippen LogP contribution in [0.2, 0.25) is 0 Å². The standard InChI is InChI=1S/C15H20N4O/c1-9(2)13(14-16-11(4)18-19-14)17-15(20)12-7-5-10(3)6-8-12/h5-9,13H,1-4H3,(H,17,20)(H,16,18,19). The molecule has 1 heterocycles. The monoisotopic (exact) mass is 272 g/mol. The topological polar surface area (TPSA) is 70.7 Å². The van der Waals surface area contributed by atoms with Crippen molar-refractivity contribution in [3.8, 4) is 0 Å². The number of carbonyl (C=O) groups is 1. The molecule has 1 atom stereocenters. The Labute approximate surface area is 118 Å². The number of aryl methyl sites for hydroxylation is 2. The minimum atomic E-state index is -0.200. The zero-order valence-electron chi connectivity index (χ0n) is 12.3. The fourth-order valence-corrected chi connectivity index (χ4v) is 1.96. The average Bonchev–Trinajstić information content (AvgIpc) is 2.82. The Morgan fingerprint density at radius 3 is 2.35 bits per heavy atom. The van der Waals surface area contributed by atoms with Gasteiger partial charge in [-0.1, -0.05) is 31.5 Å². The number of nitrogens with one attached hydrogen (secondary N) is 2. The maximum atomic E-state index is 12.3. The van der Waals surface area contributed by atoms with E-state index in [1.54, 1.807) is 0 Å². The molecule has 0 spiro atoms. The quantitative estimate of drug-likeness (QED) is 0.898. The fraction of sp³-hybridized carbons (Fsp3) is 0.400. The molecule has 0 aliphatic heterocycles. The summed E-state index contributed by atoms with van der Waals surface area (Å²) in [7, 11) is 0. The van der Waals surface area contributed by atoms with Crippen molar-refractivity contribution in [2.75, 3.05) is 0 Å². The molecule has 0 aliphatic carbocycles. The summed E-state index contributed by atoms with van der Waals surface area (Å²) in [5.74, 6) is 1.47. The Morgan fingerprint density at radius 2 is 1.85 bits per heavy atom. The Hall–Kier alpha value is -2.17. The van der Waals surface area contributed by atoms with Crippen LogP contribution in [0.25, 0.3) is 0 Å². The van der Waals surface area contributed by atoms with E-state index in [4.69, 9.17) is 0 Å². The highest BCUT2D eigenvalue weighted by Gasteiger charge is 2.22. The van der Waals surface area contributed by atoms with Gasteiger partial charge in [-0.05, 0) is 31.9 Å². The lowest BCUT2D eigenvalue weighted by Crippen LogP contribution is -2.32. The van der Waals surface area contributed by atoms with Gasteiger partial charge in [0.25, 0.3) is 5.91 Å². The molecule has 5 nitrogen and oxygen atoms in total. The fourth-order valence-electron chi connectivity index (χ4n) is 1.96. The smallest absolute Gasteiger partial charge is 0.251 e. The number of rotatable bonds is 4. The van der Waals surface area contributed by atoms with Crippen molar-refractivity contribution < 1.29 is 4.79 Å². The first-order valence-corrected chi connectivity index (χ1v) is 6.74. The van der Waals surface area contributed by atoms with Crippen molar-refractivity contribution >= 4 is 5.91 Å². The minimum Gasteiger partial charge on any atom is -0.342 e. The second-order valence-corrected chi connectivity index (χ2v) is 5.34. The number of hydrogen-bond donors (Lipinski definition) is 2. The molecule has 1 unspecified atom stereocenters. The van der Waals surface area contributed by atoms with Crippen LogP contribution in [0.1, 0.15) is 47.5 Å². The van der Waals surface area contributed by atoms with Crippen molar-refractivity contribution in [2.24, 2.45) is 5.92 Å². The Balaban J connectivity index is 2.16. The van der Waals surface area contributed by atoms with Crippen LogP contribution >= 0.6 is 0 Å². The molecule has 2 aromatic rings. The summed E-state index contributed by atoms with van der Waals surface area (Å²) in [5.41, 5.74) is 1.78. The number of nitrogens with zero attached hydrogens (tertiary/aromatic N) is 2. The van der Waals surface area contributed by atoms with Crippen molar-refractivity contribution in [2.45, 2.75) is 33.7 Å². The maximum absolute atomic E-state index is 12.3. The lowest BCUT2D eigenvalue weighted by molar-refractivity contribution is 0.0923. The highest BCUT2D eigenvalue weighted by atomic mass is 16.1. The number of benzene rings is 1. The molecule has 0 fully saturated rings. The molecule has 0 bridgehead atoms. The number of aromatic amines is 1. The first-order valence-electron chi connectivity index (χ1n) is 6.74. The summed E-state index contributed by atoms with van der Waals surface area (Å²) in [4.78, 5) is 16.6. The van der Waals surface area contributed by atoms with Crippen LogP contribution in [0.4, 0.5) is 0 Å². The van der Waals surface area contributed by atoms with Gasteiger partial charge in [-0.3, -0.25) is 9.89 Å². The SMILES string of the molecule is Cc1ccc(C(=O)NC(c2n[nH]c(C)n2)C(C)C)cc1. The minimum absolute atomic E-state index is 0.105. The Kier molecular flexibility index (Phi) is 4.17. The zero-order valence-corrected chi connectivity index (χ0v) is 12.3. The third-order valence-corrected chi connectivity index (χ3v) is 3.16. The van der Waals surface area contributed by atoms with Crippen molar-refractivity contribution in [1.29, 1.82) is 0 Å². The molecule has 0 aliphatic rings. The molecule has 106 valence electrons. The van der Waals surface area contributed by atoms with Gasteiger partial charge < -0.3 is 5.32 Å². The van der Waals surface area contributed by atoms with Gasteiger partial charge in [0.2, 0.25) is 0 Å². The summed E-state index contributed by atoms with van der Waals surface area (Å²) in [6.45, 7) is 7.91. The third kappa shape index (κ3) is 3.23. The summed E-state index contributed by atoms with van der Waals surface area (Å²) in [6, 6.07) is 7.30. The largest absolute Gasteiger partial charge is 0.342 e. The van der Waals surface area contributed by atoms with E-state index in [2.05, 4.69) is 20.5 Å². The van der Waals surface area contributed by atoms with Crippen LogP contribution in [0, 0.1) is 19.8 Å². The second kappa shape index (κ2) is 5.86. The molecule has 0 radical (unpaired) electrons. The first kappa shape index (κ1) is 14.2. The lowest BCUT2D eigenvalue weighted by Gasteiger charge is -2.19. The number of aromatic nitrogens is 3. The molecule has 1 aromatic heterocycles. The highest BCUT2D eigenvalue weighted by molar-refractivity contribution is 5.94. The molecular formula is C15H20N4O. The number of H-pyrrole nitrogens is 1. The van der Waals surface area contributed by atoms with Crippen LogP contribution in [-0.2, 0) is 0 Å². The van der Waals surface area contributed by atoms with Crippen LogP contribution in [0.5, 0.6) is 0 Å². The summed E-state index contributed by atoms with van der Waals surface area (Å²) in [5, 5.41) is 9.96. The van der Waals surface area contributed by atoms with E-state index in [0.717, 1.165) is 11.4 Å². The molecular weight excluding hydrogens is 252 g/mol. The molecule has 20 heavy (non-hydrogen) atoms. The van der Waals surface area contributed by atoms with Gasteiger partial charge in [0.05, 0.1) is 6.04 Å². The van der Waals surface area contributed by atoms with Gasteiger partial charge in [0.15, 0.2) is 5.82 Å². The van der Waals surface area contributed by atoms with Gasteiger partial charge in [0, 0.05) is 5.56 Å². The van der Waals surface area contributed by atoms with Gasteiger partial charge in [-0.15, -0.1) is 0 Å². The summed E-state index contributed by atoms with van der Waals surface area (Å²) < 4.78 is 0. The number of carbonyl (C=O) groups excluding carboxylic acids is 1. The predicted molar refractivity (Wildman–Crippen MR) is 77.3 cm³/mol. The summed E-state index contributed by atoms with van der Waals surface area (Å²) >= 11 is 0. The third-order valence-electron chi connectivity index (χ3n) is 3.16. The van der Waals surface area contributed by atoms with E-state index in [0.29, 0.717) is 11.4 Å². The Morgan fingerprint density at radius 1 is 1.20 bits per heavy atom. The van der Waals surface area contributed by atoms with Crippen LogP contribution < -0.4 is 5.32 Å². The van der Waals surface area contributed by atoms with Crippen molar-refractivity contribution in [3.05, 3.63) is 47.0 Å². The van der Waals surface area contributed by atoms with Gasteiger partial charge in [-0.2, -0.15) is 5.10 Å². The molecule has 2 rings (SSSR count). The highest BCUT2D eigenvalue weighted by Crippen LogP contribution is 2.19.